The Morgan fingerprint density at radius 1 is 0.824 bits per heavy atom. The molecule has 34 heavy (non-hydrogen) atoms. The van der Waals surface area contributed by atoms with Gasteiger partial charge in [-0.15, -0.1) is 0 Å². The second-order valence-electron chi connectivity index (χ2n) is 11.5. The van der Waals surface area contributed by atoms with E-state index in [0.29, 0.717) is 17.3 Å². The van der Waals surface area contributed by atoms with Crippen molar-refractivity contribution in [2.24, 2.45) is 17.3 Å². The highest BCUT2D eigenvalue weighted by Gasteiger charge is 2.66. The minimum Gasteiger partial charge on any atom is -0.306 e. The van der Waals surface area contributed by atoms with Crippen LogP contribution in [0.25, 0.3) is 0 Å². The number of para-hydroxylation sites is 1. The first-order valence-electron chi connectivity index (χ1n) is 13.0. The second kappa shape index (κ2) is 7.02. The normalized spacial score (nSPS) is 31.6. The van der Waals surface area contributed by atoms with Crippen molar-refractivity contribution in [3.8, 4) is 0 Å². The van der Waals surface area contributed by atoms with Crippen molar-refractivity contribution in [2.75, 3.05) is 4.90 Å². The van der Waals surface area contributed by atoms with Crippen LogP contribution < -0.4 is 4.90 Å². The molecule has 1 aromatic heterocycles. The van der Waals surface area contributed by atoms with E-state index in [-0.39, 0.29) is 0 Å². The van der Waals surface area contributed by atoms with Crippen LogP contribution in [-0.4, -0.2) is 4.98 Å². The number of hydrogen-bond acceptors (Lipinski definition) is 2. The number of aryl methyl sites for hydroxylation is 1. The van der Waals surface area contributed by atoms with Crippen LogP contribution in [0.2, 0.25) is 10.0 Å². The summed E-state index contributed by atoms with van der Waals surface area (Å²) in [5, 5.41) is 1.77. The molecule has 3 bridgehead atoms. The average molecular weight is 487 g/mol. The van der Waals surface area contributed by atoms with Gasteiger partial charge in [0.1, 0.15) is 0 Å². The molecule has 172 valence electrons. The third-order valence-electron chi connectivity index (χ3n) is 10.1. The number of pyridine rings is 1. The molecule has 0 radical (unpaired) electrons. The van der Waals surface area contributed by atoms with Crippen LogP contribution in [0.5, 0.6) is 0 Å². The van der Waals surface area contributed by atoms with Gasteiger partial charge in [-0.25, -0.2) is 0 Å². The number of benzene rings is 2. The highest BCUT2D eigenvalue weighted by molar-refractivity contribution is 6.36. The van der Waals surface area contributed by atoms with E-state index >= 15 is 0 Å². The molecule has 3 fully saturated rings. The third-order valence-corrected chi connectivity index (χ3v) is 11.0. The summed E-state index contributed by atoms with van der Waals surface area (Å²) in [5.41, 5.74) is 9.00. The molecule has 5 unspecified atom stereocenters. The van der Waals surface area contributed by atoms with Gasteiger partial charge in [0.25, 0.3) is 0 Å². The van der Waals surface area contributed by atoms with Gasteiger partial charge < -0.3 is 4.90 Å². The van der Waals surface area contributed by atoms with Gasteiger partial charge in [0.15, 0.2) is 0 Å². The molecule has 0 N–H and O–H groups in total. The maximum Gasteiger partial charge on any atom is 0.0836 e. The fourth-order valence-corrected chi connectivity index (χ4v) is 9.49. The largest absolute Gasteiger partial charge is 0.306 e. The van der Waals surface area contributed by atoms with Crippen LogP contribution in [-0.2, 0) is 12.8 Å². The standard InChI is InChI=1S/C30H28Cl2N2/c31-27-23-8-4-5-17(23)9-10-24(27)34(22-6-2-1-3-7-22)25-16-33-29-19-12-21-13-20-11-18(26(29)28(25)32)14-30(20,21)15-19/h1-3,6-7,9-10,16,18-21H,4-5,8,11-15H2. The Morgan fingerprint density at radius 2 is 1.62 bits per heavy atom. The quantitative estimate of drug-likeness (QED) is 0.367. The van der Waals surface area contributed by atoms with Gasteiger partial charge in [-0.2, -0.15) is 0 Å². The van der Waals surface area contributed by atoms with Gasteiger partial charge in [0.2, 0.25) is 0 Å². The maximum atomic E-state index is 7.43. The maximum absolute atomic E-state index is 7.43. The lowest BCUT2D eigenvalue weighted by atomic mass is 9.56. The molecule has 3 saturated carbocycles. The van der Waals surface area contributed by atoms with Gasteiger partial charge in [0, 0.05) is 17.3 Å². The van der Waals surface area contributed by atoms with Crippen LogP contribution >= 0.6 is 23.2 Å². The molecule has 2 nitrogen and oxygen atoms in total. The highest BCUT2D eigenvalue weighted by atomic mass is 35.5. The van der Waals surface area contributed by atoms with Gasteiger partial charge in [-0.1, -0.05) is 47.5 Å². The lowest BCUT2D eigenvalue weighted by Crippen LogP contribution is -2.41. The number of hydrogen-bond donors (Lipinski definition) is 0. The first-order chi connectivity index (χ1) is 16.6. The van der Waals surface area contributed by atoms with Crippen molar-refractivity contribution >= 4 is 40.3 Å². The molecule has 4 heteroatoms. The van der Waals surface area contributed by atoms with Crippen molar-refractivity contribution in [3.63, 3.8) is 0 Å². The summed E-state index contributed by atoms with van der Waals surface area (Å²) in [6.45, 7) is 0. The number of anilines is 3. The topological polar surface area (TPSA) is 16.1 Å². The van der Waals surface area contributed by atoms with E-state index in [9.17, 15) is 0 Å². The molecule has 5 aliphatic rings. The van der Waals surface area contributed by atoms with Crippen LogP contribution in [0, 0.1) is 17.3 Å². The Morgan fingerprint density at radius 3 is 2.47 bits per heavy atom. The molecule has 2 aromatic carbocycles. The van der Waals surface area contributed by atoms with Crippen molar-refractivity contribution in [3.05, 3.63) is 81.1 Å². The van der Waals surface area contributed by atoms with Crippen LogP contribution in [0.4, 0.5) is 17.1 Å². The highest BCUT2D eigenvalue weighted by Crippen LogP contribution is 2.76. The lowest BCUT2D eigenvalue weighted by molar-refractivity contribution is 0.00321. The Labute approximate surface area is 211 Å². The molecule has 1 spiro atoms. The summed E-state index contributed by atoms with van der Waals surface area (Å²) in [6.07, 6.45) is 12.1. The zero-order valence-corrected chi connectivity index (χ0v) is 20.7. The van der Waals surface area contributed by atoms with E-state index in [0.717, 1.165) is 51.8 Å². The summed E-state index contributed by atoms with van der Waals surface area (Å²) in [7, 11) is 0. The first kappa shape index (κ1) is 20.2. The summed E-state index contributed by atoms with van der Waals surface area (Å²) in [5.74, 6) is 3.00. The minimum atomic E-state index is 0.559. The molecule has 0 saturated heterocycles. The molecule has 8 rings (SSSR count). The minimum absolute atomic E-state index is 0.559. The molecular weight excluding hydrogens is 459 g/mol. The van der Waals surface area contributed by atoms with Crippen molar-refractivity contribution in [1.29, 1.82) is 0 Å². The van der Waals surface area contributed by atoms with E-state index < -0.39 is 0 Å². The Balaban J connectivity index is 1.33. The summed E-state index contributed by atoms with van der Waals surface area (Å²) >= 11 is 14.5. The fraction of sp³-hybridized carbons (Fsp3) is 0.433. The number of aromatic nitrogens is 1. The van der Waals surface area contributed by atoms with Crippen molar-refractivity contribution in [2.45, 2.75) is 63.2 Å². The van der Waals surface area contributed by atoms with Gasteiger partial charge >= 0.3 is 0 Å². The van der Waals surface area contributed by atoms with Crippen molar-refractivity contribution < 1.29 is 0 Å². The van der Waals surface area contributed by atoms with Crippen LogP contribution in [0.1, 0.15) is 72.7 Å². The van der Waals surface area contributed by atoms with E-state index in [2.05, 4.69) is 47.4 Å². The lowest BCUT2D eigenvalue weighted by Gasteiger charge is -2.48. The number of fused-ring (bicyclic) bond motifs is 6. The Bertz CT molecular complexity index is 1340. The second-order valence-corrected chi connectivity index (χ2v) is 12.2. The Hall–Kier alpha value is -2.03. The van der Waals surface area contributed by atoms with Crippen LogP contribution in [0.15, 0.2) is 48.7 Å². The molecule has 5 aliphatic carbocycles. The fourth-order valence-electron chi connectivity index (χ4n) is 8.74. The summed E-state index contributed by atoms with van der Waals surface area (Å²) < 4.78 is 0. The van der Waals surface area contributed by atoms with E-state index in [1.807, 2.05) is 6.20 Å². The smallest absolute Gasteiger partial charge is 0.0836 e. The molecule has 3 aromatic rings. The van der Waals surface area contributed by atoms with Crippen molar-refractivity contribution in [1.82, 2.24) is 4.98 Å². The van der Waals surface area contributed by atoms with Gasteiger partial charge in [0.05, 0.1) is 27.6 Å². The number of nitrogens with zero attached hydrogens (tertiary/aromatic N) is 2. The van der Waals surface area contributed by atoms with Gasteiger partial charge in [-0.05, 0) is 109 Å². The number of halogens is 2. The van der Waals surface area contributed by atoms with Gasteiger partial charge in [-0.3, -0.25) is 4.98 Å². The SMILES string of the molecule is Clc1c(N(c2ccccc2)c2cnc3c(c2Cl)C2CC4CC5CC3CC54C2)ccc2c1CCC2. The Kier molecular flexibility index (Phi) is 4.17. The van der Waals surface area contributed by atoms with E-state index in [1.54, 1.807) is 0 Å². The average Bonchev–Trinajstić information content (AvgIpc) is 3.50. The zero-order valence-electron chi connectivity index (χ0n) is 19.2. The number of rotatable bonds is 3. The van der Waals surface area contributed by atoms with Crippen LogP contribution in [0.3, 0.4) is 0 Å². The predicted molar refractivity (Wildman–Crippen MR) is 139 cm³/mol. The molecule has 0 amide bonds. The molecular formula is C30H28Cl2N2. The zero-order chi connectivity index (χ0) is 22.6. The predicted octanol–water partition coefficient (Wildman–Crippen LogP) is 8.74. The van der Waals surface area contributed by atoms with E-state index in [1.165, 1.54) is 60.9 Å². The molecule has 5 atom stereocenters. The van der Waals surface area contributed by atoms with E-state index in [4.69, 9.17) is 28.2 Å². The monoisotopic (exact) mass is 486 g/mol. The summed E-state index contributed by atoms with van der Waals surface area (Å²) in [4.78, 5) is 7.45. The molecule has 0 aliphatic heterocycles. The first-order valence-corrected chi connectivity index (χ1v) is 13.7. The summed E-state index contributed by atoms with van der Waals surface area (Å²) in [6, 6.07) is 15.0. The molecule has 1 heterocycles. The third kappa shape index (κ3) is 2.52.